The van der Waals surface area contributed by atoms with E-state index in [1.807, 2.05) is 0 Å². The number of nitrogens with one attached hydrogen (secondary N) is 4. The van der Waals surface area contributed by atoms with Crippen LogP contribution in [0, 0.1) is 6.92 Å². The van der Waals surface area contributed by atoms with Gasteiger partial charge in [0.15, 0.2) is 5.75 Å². The number of hydrogen-bond donors (Lipinski definition) is 4. The molecule has 0 spiro atoms. The molecule has 31 heavy (non-hydrogen) atoms. The van der Waals surface area contributed by atoms with Crippen molar-refractivity contribution in [3.63, 3.8) is 0 Å². The molecule has 4 N–H and O–H groups in total. The van der Waals surface area contributed by atoms with Crippen LogP contribution in [0.1, 0.15) is 11.1 Å². The lowest BCUT2D eigenvalue weighted by atomic mass is 10.2. The van der Waals surface area contributed by atoms with Gasteiger partial charge in [0.1, 0.15) is 17.7 Å². The van der Waals surface area contributed by atoms with Gasteiger partial charge in [-0.3, -0.25) is 5.43 Å². The fourth-order valence-electron chi connectivity index (χ4n) is 2.91. The van der Waals surface area contributed by atoms with Gasteiger partial charge in [-0.05, 0) is 48.9 Å². The first-order chi connectivity index (χ1) is 14.8. The molecule has 2 aliphatic rings. The van der Waals surface area contributed by atoms with Crippen molar-refractivity contribution in [2.45, 2.75) is 13.1 Å². The summed E-state index contributed by atoms with van der Waals surface area (Å²) in [6.45, 7) is 1.76. The van der Waals surface area contributed by atoms with E-state index in [2.05, 4.69) is 26.5 Å². The number of carbonyl (C=O) groups is 1. The molecule has 0 unspecified atom stereocenters. The number of benzene rings is 2. The van der Waals surface area contributed by atoms with Gasteiger partial charge in [-0.25, -0.2) is 9.79 Å². The van der Waals surface area contributed by atoms with Crippen LogP contribution in [0.25, 0.3) is 0 Å². The van der Waals surface area contributed by atoms with Crippen LogP contribution in [0.2, 0.25) is 0 Å². The Morgan fingerprint density at radius 3 is 2.77 bits per heavy atom. The van der Waals surface area contributed by atoms with Gasteiger partial charge in [-0.2, -0.15) is 18.2 Å². The van der Waals surface area contributed by atoms with E-state index in [0.29, 0.717) is 17.0 Å². The number of carbonyl (C=O) groups excluding carboxylic acids is 1. The van der Waals surface area contributed by atoms with E-state index < -0.39 is 17.8 Å². The third-order valence-electron chi connectivity index (χ3n) is 4.40. The van der Waals surface area contributed by atoms with Crippen molar-refractivity contribution < 1.29 is 22.8 Å². The lowest BCUT2D eigenvalue weighted by Gasteiger charge is -2.23. The van der Waals surface area contributed by atoms with Crippen LogP contribution in [-0.2, 0) is 6.18 Å². The number of amides is 2. The Labute approximate surface area is 175 Å². The van der Waals surface area contributed by atoms with Gasteiger partial charge < -0.3 is 20.9 Å². The zero-order valence-corrected chi connectivity index (χ0v) is 16.1. The number of aryl methyl sites for hydroxylation is 1. The van der Waals surface area contributed by atoms with E-state index in [1.54, 1.807) is 37.5 Å². The van der Waals surface area contributed by atoms with Crippen molar-refractivity contribution in [1.82, 2.24) is 15.9 Å². The Kier molecular flexibility index (Phi) is 5.15. The smallest absolute Gasteiger partial charge is 0.374 e. The summed E-state index contributed by atoms with van der Waals surface area (Å²) in [5.41, 5.74) is 7.63. The highest BCUT2D eigenvalue weighted by Crippen LogP contribution is 2.31. The highest BCUT2D eigenvalue weighted by Gasteiger charge is 2.30. The molecular weight excluding hydrogens is 413 g/mol. The van der Waals surface area contributed by atoms with E-state index in [9.17, 15) is 18.0 Å². The average molecular weight is 430 g/mol. The summed E-state index contributed by atoms with van der Waals surface area (Å²) in [5.74, 6) is 0.502. The number of hydroxylamine groups is 2. The molecule has 0 atom stereocenters. The minimum Gasteiger partial charge on any atom is -0.374 e. The molecule has 0 radical (unpaired) electrons. The highest BCUT2D eigenvalue weighted by atomic mass is 19.4. The number of fused-ring (bicyclic) bond motifs is 1. The number of rotatable bonds is 4. The molecule has 8 nitrogen and oxygen atoms in total. The molecule has 0 fully saturated rings. The molecule has 0 bridgehead atoms. The van der Waals surface area contributed by atoms with E-state index in [1.165, 1.54) is 23.5 Å². The second-order valence-electron chi connectivity index (χ2n) is 6.66. The van der Waals surface area contributed by atoms with Crippen LogP contribution in [0.3, 0.4) is 0 Å². The summed E-state index contributed by atoms with van der Waals surface area (Å²) in [6.07, 6.45) is 0.385. The first-order valence-corrected chi connectivity index (χ1v) is 9.08. The van der Waals surface area contributed by atoms with Gasteiger partial charge in [0.25, 0.3) is 0 Å². The first-order valence-electron chi connectivity index (χ1n) is 9.08. The van der Waals surface area contributed by atoms with Gasteiger partial charge in [0.05, 0.1) is 11.8 Å². The number of anilines is 2. The van der Waals surface area contributed by atoms with Crippen molar-refractivity contribution in [2.24, 2.45) is 4.99 Å². The molecule has 2 aromatic rings. The molecular formula is C20H17F3N6O2. The Balaban J connectivity index is 1.40. The molecule has 0 saturated carbocycles. The lowest BCUT2D eigenvalue weighted by molar-refractivity contribution is -0.137. The third-order valence-corrected chi connectivity index (χ3v) is 4.40. The quantitative estimate of drug-likeness (QED) is 0.587. The fraction of sp³-hybridized carbons (Fsp3) is 0.100. The Hall–Kier alpha value is -4.15. The molecule has 2 aromatic carbocycles. The van der Waals surface area contributed by atoms with Crippen molar-refractivity contribution in [1.29, 1.82) is 0 Å². The van der Waals surface area contributed by atoms with Crippen molar-refractivity contribution in [2.75, 3.05) is 10.6 Å². The molecule has 0 aromatic heterocycles. The zero-order chi connectivity index (χ0) is 22.0. The summed E-state index contributed by atoms with van der Waals surface area (Å²) in [4.78, 5) is 22.1. The summed E-state index contributed by atoms with van der Waals surface area (Å²) >= 11 is 0. The standard InChI is InChI=1S/C20H17F3N6O2/c1-12-7-15(31-29-11-24-9-17-18(29)10-25-28-17)5-6-16(12)27-19(30)26-14-4-2-3-13(8-14)20(21,22)23/h2-11,25,28H,1H3,(H2,26,27,30). The van der Waals surface area contributed by atoms with Gasteiger partial charge in [-0.1, -0.05) is 6.07 Å². The number of urea groups is 1. The Morgan fingerprint density at radius 2 is 2.00 bits per heavy atom. The van der Waals surface area contributed by atoms with Crippen LogP contribution < -0.4 is 26.3 Å². The predicted octanol–water partition coefficient (Wildman–Crippen LogP) is 4.09. The van der Waals surface area contributed by atoms with Crippen LogP contribution in [0.4, 0.5) is 29.3 Å². The molecule has 2 amide bonds. The van der Waals surface area contributed by atoms with Crippen LogP contribution in [-0.4, -0.2) is 17.4 Å². The largest absolute Gasteiger partial charge is 0.416 e. The maximum atomic E-state index is 12.8. The number of hydrogen-bond acceptors (Lipinski definition) is 6. The molecule has 0 saturated heterocycles. The number of hydrazine groups is 1. The van der Waals surface area contributed by atoms with Crippen LogP contribution in [0.5, 0.6) is 5.75 Å². The molecule has 0 aliphatic carbocycles. The predicted molar refractivity (Wildman–Crippen MR) is 109 cm³/mol. The number of alkyl halides is 3. The van der Waals surface area contributed by atoms with Gasteiger partial charge in [-0.15, -0.1) is 0 Å². The number of halogens is 3. The summed E-state index contributed by atoms with van der Waals surface area (Å²) in [6, 6.07) is 8.74. The van der Waals surface area contributed by atoms with Gasteiger partial charge >= 0.3 is 12.2 Å². The van der Waals surface area contributed by atoms with Gasteiger partial charge in [0, 0.05) is 17.6 Å². The van der Waals surface area contributed by atoms with E-state index in [-0.39, 0.29) is 5.69 Å². The van der Waals surface area contributed by atoms with Crippen molar-refractivity contribution >= 4 is 23.7 Å². The van der Waals surface area contributed by atoms with Gasteiger partial charge in [0.2, 0.25) is 0 Å². The number of nitrogens with zero attached hydrogens (tertiary/aromatic N) is 2. The average Bonchev–Trinajstić information content (AvgIpc) is 3.19. The molecule has 2 heterocycles. The first kappa shape index (κ1) is 20.1. The van der Waals surface area contributed by atoms with Crippen LogP contribution in [0.15, 0.2) is 71.3 Å². The summed E-state index contributed by atoms with van der Waals surface area (Å²) < 4.78 is 38.5. The minimum atomic E-state index is -4.49. The topological polar surface area (TPSA) is 90.0 Å². The van der Waals surface area contributed by atoms with Crippen molar-refractivity contribution in [3.05, 3.63) is 77.4 Å². The monoisotopic (exact) mass is 430 g/mol. The second-order valence-corrected chi connectivity index (χ2v) is 6.66. The van der Waals surface area contributed by atoms with E-state index in [4.69, 9.17) is 4.84 Å². The summed E-state index contributed by atoms with van der Waals surface area (Å²) in [7, 11) is 0. The second kappa shape index (κ2) is 7.94. The maximum Gasteiger partial charge on any atom is 0.416 e. The fourth-order valence-corrected chi connectivity index (χ4v) is 2.91. The molecule has 4 rings (SSSR count). The summed E-state index contributed by atoms with van der Waals surface area (Å²) in [5, 5.41) is 6.50. The molecule has 160 valence electrons. The third kappa shape index (κ3) is 4.55. The molecule has 11 heteroatoms. The maximum absolute atomic E-state index is 12.8. The molecule has 2 aliphatic heterocycles. The van der Waals surface area contributed by atoms with Crippen molar-refractivity contribution in [3.8, 4) is 5.75 Å². The van der Waals surface area contributed by atoms with Crippen LogP contribution >= 0.6 is 0 Å². The minimum absolute atomic E-state index is 0.0326. The zero-order valence-electron chi connectivity index (χ0n) is 16.1. The lowest BCUT2D eigenvalue weighted by Crippen LogP contribution is -2.29. The Morgan fingerprint density at radius 1 is 1.16 bits per heavy atom. The Bertz CT molecular complexity index is 1110. The SMILES string of the molecule is Cc1cc(ON2C=NC=C3NNC=C32)ccc1NC(=O)Nc1cccc(C(F)(F)F)c1. The normalized spacial score (nSPS) is 14.6. The number of aliphatic imine (C=N–C) groups is 1. The van der Waals surface area contributed by atoms with E-state index in [0.717, 1.165) is 23.5 Å². The van der Waals surface area contributed by atoms with E-state index >= 15 is 0 Å². The highest BCUT2D eigenvalue weighted by molar-refractivity contribution is 6.00.